The molecule has 0 saturated heterocycles. The van der Waals surface area contributed by atoms with Gasteiger partial charge >= 0.3 is 5.97 Å². The third kappa shape index (κ3) is 2.54. The summed E-state index contributed by atoms with van der Waals surface area (Å²) < 4.78 is 2.26. The summed E-state index contributed by atoms with van der Waals surface area (Å²) in [7, 11) is 0. The van der Waals surface area contributed by atoms with Gasteiger partial charge in [-0.1, -0.05) is 30.9 Å². The molecule has 4 aromatic heterocycles. The number of nitriles is 1. The minimum Gasteiger partial charge on any atom is -0.477 e. The van der Waals surface area contributed by atoms with Gasteiger partial charge in [-0.2, -0.15) is 5.26 Å². The minimum absolute atomic E-state index is 0.271. The summed E-state index contributed by atoms with van der Waals surface area (Å²) in [5, 5.41) is 20.4. The maximum Gasteiger partial charge on any atom is 0.346 e. The van der Waals surface area contributed by atoms with Gasteiger partial charge in [0.25, 0.3) is 0 Å². The molecule has 0 aliphatic rings. The average Bonchev–Trinajstić information content (AvgIpc) is 3.36. The third-order valence-corrected chi connectivity index (χ3v) is 6.21. The summed E-state index contributed by atoms with van der Waals surface area (Å²) in [6.07, 6.45) is 3.30. The Balaban J connectivity index is 1.80. The van der Waals surface area contributed by atoms with E-state index in [0.717, 1.165) is 48.2 Å². The number of carboxylic acid groups (broad SMARTS) is 1. The summed E-state index contributed by atoms with van der Waals surface area (Å²) in [5.74, 6) is -1.22. The molecule has 138 valence electrons. The molecule has 0 amide bonds. The lowest BCUT2D eigenvalue weighted by atomic mass is 10.0. The second-order valence-electron chi connectivity index (χ2n) is 6.76. The first-order chi connectivity index (χ1) is 14.1. The quantitative estimate of drug-likeness (QED) is 0.298. The monoisotopic (exact) mass is 394 g/mol. The number of thiophene rings is 1. The first-order valence-corrected chi connectivity index (χ1v) is 9.79. The van der Waals surface area contributed by atoms with Crippen LogP contribution in [0, 0.1) is 11.3 Å². The molecular weight excluding hydrogens is 380 g/mol. The van der Waals surface area contributed by atoms with Crippen LogP contribution in [-0.4, -0.2) is 15.5 Å². The highest BCUT2D eigenvalue weighted by Gasteiger charge is 2.16. The number of benzene rings is 1. The van der Waals surface area contributed by atoms with Crippen molar-refractivity contribution >= 4 is 56.8 Å². The molecule has 0 aliphatic carbocycles. The summed E-state index contributed by atoms with van der Waals surface area (Å²) in [6.45, 7) is 3.97. The molecule has 4 heterocycles. The van der Waals surface area contributed by atoms with Crippen LogP contribution >= 0.6 is 11.3 Å². The zero-order valence-corrected chi connectivity index (χ0v) is 16.0. The van der Waals surface area contributed by atoms with E-state index in [4.69, 9.17) is 10.4 Å². The van der Waals surface area contributed by atoms with Crippen molar-refractivity contribution in [3.63, 3.8) is 0 Å². The minimum atomic E-state index is -1.22. The Bertz CT molecular complexity index is 1510. The van der Waals surface area contributed by atoms with Crippen molar-refractivity contribution in [1.29, 1.82) is 5.26 Å². The number of pyridine rings is 2. The van der Waals surface area contributed by atoms with Crippen LogP contribution in [0.3, 0.4) is 0 Å². The van der Waals surface area contributed by atoms with Gasteiger partial charge in [0.2, 0.25) is 0 Å². The van der Waals surface area contributed by atoms with E-state index in [1.807, 2.05) is 24.3 Å². The van der Waals surface area contributed by atoms with Crippen LogP contribution in [-0.2, 0) is 4.79 Å². The van der Waals surface area contributed by atoms with Gasteiger partial charge in [0.05, 0.1) is 5.52 Å². The molecule has 0 unspecified atom stereocenters. The van der Waals surface area contributed by atoms with E-state index in [-0.39, 0.29) is 5.57 Å². The van der Waals surface area contributed by atoms with Crippen LogP contribution in [0.1, 0.15) is 10.4 Å². The number of carbonyl (C=O) groups is 1. The van der Waals surface area contributed by atoms with E-state index in [1.165, 1.54) is 17.4 Å². The summed E-state index contributed by atoms with van der Waals surface area (Å²) in [4.78, 5) is 12.9. The third-order valence-electron chi connectivity index (χ3n) is 5.15. The van der Waals surface area contributed by atoms with Crippen molar-refractivity contribution in [2.45, 2.75) is 0 Å². The molecular formula is C24H14N2O2S. The lowest BCUT2D eigenvalue weighted by molar-refractivity contribution is -0.132. The first kappa shape index (κ1) is 17.2. The highest BCUT2D eigenvalue weighted by molar-refractivity contribution is 7.16. The second-order valence-corrected chi connectivity index (χ2v) is 7.87. The molecule has 0 radical (unpaired) electrons. The molecule has 0 atom stereocenters. The zero-order chi connectivity index (χ0) is 20.1. The largest absolute Gasteiger partial charge is 0.477 e. The van der Waals surface area contributed by atoms with Gasteiger partial charge < -0.3 is 9.51 Å². The molecule has 5 aromatic rings. The van der Waals surface area contributed by atoms with Gasteiger partial charge in [-0.3, -0.25) is 0 Å². The normalized spacial score (nSPS) is 12.0. The maximum absolute atomic E-state index is 11.1. The Morgan fingerprint density at radius 2 is 1.86 bits per heavy atom. The molecule has 0 bridgehead atoms. The summed E-state index contributed by atoms with van der Waals surface area (Å²) >= 11 is 1.47. The Labute approximate surface area is 170 Å². The fraction of sp³-hybridized carbons (Fsp3) is 0. The molecule has 5 rings (SSSR count). The molecule has 0 saturated carbocycles. The van der Waals surface area contributed by atoms with Crippen LogP contribution in [0.4, 0.5) is 0 Å². The van der Waals surface area contributed by atoms with Crippen LogP contribution in [0.5, 0.6) is 0 Å². The van der Waals surface area contributed by atoms with Crippen LogP contribution < -0.4 is 0 Å². The standard InChI is InChI=1S/C24H14N2O2S/c1-2-14-10-16-6-7-17-12-21(20-5-3-4-19(14)23(20)26(16)17)22-9-8-18(29-22)11-15(13-25)24(27)28/h2-12H,1H2,(H,27,28)/b15-11+. The molecule has 4 nitrogen and oxygen atoms in total. The average molecular weight is 394 g/mol. The van der Waals surface area contributed by atoms with Crippen molar-refractivity contribution in [3.05, 3.63) is 77.2 Å². The van der Waals surface area contributed by atoms with Gasteiger partial charge in [0.1, 0.15) is 11.6 Å². The van der Waals surface area contributed by atoms with E-state index in [0.29, 0.717) is 0 Å². The summed E-state index contributed by atoms with van der Waals surface area (Å²) in [5.41, 5.74) is 5.28. The van der Waals surface area contributed by atoms with Crippen molar-refractivity contribution in [2.24, 2.45) is 0 Å². The molecule has 0 spiro atoms. The predicted molar refractivity (Wildman–Crippen MR) is 118 cm³/mol. The van der Waals surface area contributed by atoms with Gasteiger partial charge in [-0.05, 0) is 48.0 Å². The molecule has 0 fully saturated rings. The van der Waals surface area contributed by atoms with E-state index >= 15 is 0 Å². The van der Waals surface area contributed by atoms with Crippen LogP contribution in [0.2, 0.25) is 0 Å². The molecule has 29 heavy (non-hydrogen) atoms. The number of hydrogen-bond acceptors (Lipinski definition) is 3. The summed E-state index contributed by atoms with van der Waals surface area (Å²) in [6, 6.07) is 20.3. The van der Waals surface area contributed by atoms with Gasteiger partial charge in [-0.15, -0.1) is 11.3 Å². The predicted octanol–water partition coefficient (Wildman–Crippen LogP) is 6.05. The van der Waals surface area contributed by atoms with Gasteiger partial charge in [0.15, 0.2) is 0 Å². The van der Waals surface area contributed by atoms with E-state index in [2.05, 4.69) is 47.4 Å². The number of aliphatic carboxylic acids is 1. The number of hydrogen-bond donors (Lipinski definition) is 1. The Morgan fingerprint density at radius 1 is 1.10 bits per heavy atom. The Morgan fingerprint density at radius 3 is 2.59 bits per heavy atom. The number of para-hydroxylation sites is 1. The lowest BCUT2D eigenvalue weighted by Crippen LogP contribution is -1.96. The highest BCUT2D eigenvalue weighted by atomic mass is 32.1. The molecule has 1 N–H and O–H groups in total. The maximum atomic E-state index is 11.1. The first-order valence-electron chi connectivity index (χ1n) is 8.97. The van der Waals surface area contributed by atoms with Crippen LogP contribution in [0.15, 0.2) is 66.7 Å². The van der Waals surface area contributed by atoms with Crippen molar-refractivity contribution in [1.82, 2.24) is 4.40 Å². The van der Waals surface area contributed by atoms with E-state index < -0.39 is 5.97 Å². The highest BCUT2D eigenvalue weighted by Crippen LogP contribution is 2.39. The Hall–Kier alpha value is -3.88. The number of rotatable bonds is 4. The topological polar surface area (TPSA) is 65.5 Å². The van der Waals surface area contributed by atoms with Crippen LogP contribution in [0.25, 0.3) is 49.9 Å². The fourth-order valence-electron chi connectivity index (χ4n) is 3.88. The second kappa shape index (κ2) is 6.33. The van der Waals surface area contributed by atoms with Crippen molar-refractivity contribution in [2.75, 3.05) is 0 Å². The van der Waals surface area contributed by atoms with Crippen molar-refractivity contribution < 1.29 is 9.90 Å². The van der Waals surface area contributed by atoms with E-state index in [1.54, 1.807) is 6.07 Å². The Kier molecular flexibility index (Phi) is 3.76. The molecule has 0 aliphatic heterocycles. The number of nitrogens with zero attached hydrogens (tertiary/aromatic N) is 2. The molecule has 5 heteroatoms. The van der Waals surface area contributed by atoms with Crippen molar-refractivity contribution in [3.8, 4) is 16.5 Å². The number of carboxylic acids is 1. The van der Waals surface area contributed by atoms with E-state index in [9.17, 15) is 4.79 Å². The van der Waals surface area contributed by atoms with Gasteiger partial charge in [-0.25, -0.2) is 4.79 Å². The molecule has 1 aromatic carbocycles. The smallest absolute Gasteiger partial charge is 0.346 e. The van der Waals surface area contributed by atoms with Gasteiger partial charge in [0, 0.05) is 37.1 Å². The fourth-order valence-corrected chi connectivity index (χ4v) is 4.86. The SMILES string of the molecule is C=Cc1cc2ccc3cc(-c4ccc(/C=C(\C#N)C(=O)O)s4)c4cccc1c4n23. The lowest BCUT2D eigenvalue weighted by Gasteiger charge is -2.14. The zero-order valence-electron chi connectivity index (χ0n) is 15.2. The number of aromatic nitrogens is 1.